The Labute approximate surface area is 299 Å². The number of carboxylic acid groups (broad SMARTS) is 1. The first-order valence-electron chi connectivity index (χ1n) is 15.3. The van der Waals surface area contributed by atoms with E-state index in [4.69, 9.17) is 9.57 Å². The molecule has 1 saturated heterocycles. The molecule has 2 aliphatic rings. The van der Waals surface area contributed by atoms with E-state index in [-0.39, 0.29) is 39.8 Å². The molecule has 4 heterocycles. The number of thioether (sulfide) groups is 1. The maximum absolute atomic E-state index is 13.7. The Morgan fingerprint density at radius 1 is 1.18 bits per heavy atom. The fourth-order valence-corrected chi connectivity index (χ4v) is 7.11. The number of ether oxygens (including phenoxy) is 1. The van der Waals surface area contributed by atoms with E-state index in [0.717, 1.165) is 16.2 Å². The number of hydrogen-bond donors (Lipinski definition) is 5. The third-order valence-electron chi connectivity index (χ3n) is 7.35. The number of hydrogen-bond acceptors (Lipinski definition) is 14. The fraction of sp³-hybridized carbons (Fsp3) is 0.452. The second-order valence-electron chi connectivity index (χ2n) is 13.8. The van der Waals surface area contributed by atoms with Gasteiger partial charge in [-0.2, -0.15) is 0 Å². The molecule has 274 valence electrons. The van der Waals surface area contributed by atoms with Gasteiger partial charge in [0.1, 0.15) is 41.5 Å². The lowest BCUT2D eigenvalue weighted by Crippen LogP contribution is -2.71. The Balaban J connectivity index is 1.55. The van der Waals surface area contributed by atoms with Gasteiger partial charge < -0.3 is 39.9 Å². The number of Topliss-reactive ketones (excluding diaryl/α,β-unsaturated/α-hetero) is 1. The van der Waals surface area contributed by atoms with Crippen LogP contribution in [-0.2, 0) is 44.9 Å². The lowest BCUT2D eigenvalue weighted by atomic mass is 10.0. The number of β-lactam (4-membered cyclic amide) rings is 1. The molecule has 0 aromatic carbocycles. The number of aromatic hydroxyl groups is 1. The van der Waals surface area contributed by atoms with Crippen molar-refractivity contribution in [2.45, 2.75) is 63.8 Å². The van der Waals surface area contributed by atoms with Crippen molar-refractivity contribution in [3.05, 3.63) is 50.5 Å². The highest BCUT2D eigenvalue weighted by Crippen LogP contribution is 2.41. The van der Waals surface area contributed by atoms with E-state index in [1.165, 1.54) is 43.3 Å². The first kappa shape index (κ1) is 38.7. The van der Waals surface area contributed by atoms with E-state index < -0.39 is 69.0 Å². The monoisotopic (exact) mass is 748 g/mol. The zero-order valence-corrected chi connectivity index (χ0v) is 30.4. The summed E-state index contributed by atoms with van der Waals surface area (Å²) in [5, 5.41) is 29.1. The molecule has 2 aromatic heterocycles. The van der Waals surface area contributed by atoms with Gasteiger partial charge in [0, 0.05) is 29.0 Å². The zero-order chi connectivity index (χ0) is 38.1. The predicted octanol–water partition coefficient (Wildman–Crippen LogP) is 0.531. The standard InChI is InChI=1S/C31H37N7O11S2/c1-30(2,3)48-28(47)23(42)31(4,5)49-36-20(17-13-51-29(34-17)33-14-39)24(43)35-21-25(44)37-22(27(45)46)15(12-50-26(21)37)10-38(6,7)11-16-8-18(40)19(41)9-32-16/h8-9,13-14,21,26H,10-12H2,1-7H3,(H4-,32,33,34,35,36,39,40,41,42,43,45,46,47)/p+1/t21-,26-/m1/s1. The van der Waals surface area contributed by atoms with Gasteiger partial charge in [-0.1, -0.05) is 5.16 Å². The molecule has 3 amide bonds. The van der Waals surface area contributed by atoms with Crippen LogP contribution in [0, 0.1) is 0 Å². The molecule has 2 atom stereocenters. The van der Waals surface area contributed by atoms with Crippen LogP contribution in [0.2, 0.25) is 0 Å². The summed E-state index contributed by atoms with van der Waals surface area (Å²) in [4.78, 5) is 101. The summed E-state index contributed by atoms with van der Waals surface area (Å²) >= 11 is 2.18. The minimum Gasteiger partial charge on any atom is -0.503 e. The number of rotatable bonds is 14. The summed E-state index contributed by atoms with van der Waals surface area (Å²) in [6.45, 7) is 7.68. The average Bonchev–Trinajstić information content (AvgIpc) is 3.48. The normalized spacial score (nSPS) is 18.0. The number of amides is 3. The van der Waals surface area contributed by atoms with Crippen LogP contribution >= 0.6 is 23.1 Å². The molecule has 4 rings (SSSR count). The molecule has 1 fully saturated rings. The number of nitrogens with zero attached hydrogens (tertiary/aromatic N) is 4. The molecule has 0 unspecified atom stereocenters. The molecule has 2 aliphatic heterocycles. The molecule has 0 saturated carbocycles. The summed E-state index contributed by atoms with van der Waals surface area (Å²) in [6.07, 6.45) is 1.55. The number of likely N-dealkylation sites (N-methyl/N-ethyl adjacent to an activating group) is 1. The van der Waals surface area contributed by atoms with E-state index in [1.807, 2.05) is 14.1 Å². The number of esters is 1. The number of aliphatic carboxylic acids is 1. The topological polar surface area (TPSA) is 247 Å². The summed E-state index contributed by atoms with van der Waals surface area (Å²) in [5.74, 6) is -5.51. The second kappa shape index (κ2) is 14.6. The third-order valence-corrected chi connectivity index (χ3v) is 9.46. The van der Waals surface area contributed by atoms with Crippen LogP contribution < -0.4 is 16.1 Å². The van der Waals surface area contributed by atoms with Crippen molar-refractivity contribution < 1.29 is 53.0 Å². The van der Waals surface area contributed by atoms with Crippen LogP contribution in [0.5, 0.6) is 5.75 Å². The first-order valence-corrected chi connectivity index (χ1v) is 17.2. The summed E-state index contributed by atoms with van der Waals surface area (Å²) < 4.78 is 5.32. The van der Waals surface area contributed by atoms with Crippen LogP contribution in [0.3, 0.4) is 0 Å². The van der Waals surface area contributed by atoms with Gasteiger partial charge in [0.15, 0.2) is 16.6 Å². The Morgan fingerprint density at radius 3 is 2.47 bits per heavy atom. The third kappa shape index (κ3) is 8.99. The number of aromatic amines is 1. The largest absolute Gasteiger partial charge is 0.503 e. The Hall–Kier alpha value is -5.08. The van der Waals surface area contributed by atoms with Crippen LogP contribution in [0.25, 0.3) is 0 Å². The van der Waals surface area contributed by atoms with E-state index in [2.05, 4.69) is 25.8 Å². The number of fused-ring (bicyclic) bond motifs is 1. The molecule has 0 bridgehead atoms. The minimum atomic E-state index is -1.91. The van der Waals surface area contributed by atoms with Crippen molar-refractivity contribution in [1.29, 1.82) is 0 Å². The smallest absolute Gasteiger partial charge is 0.379 e. The van der Waals surface area contributed by atoms with Gasteiger partial charge in [-0.3, -0.25) is 28.9 Å². The molecule has 0 aliphatic carbocycles. The highest BCUT2D eigenvalue weighted by molar-refractivity contribution is 8.00. The number of oxime groups is 1. The Bertz CT molecular complexity index is 1890. The van der Waals surface area contributed by atoms with Crippen LogP contribution in [0.15, 0.2) is 38.9 Å². The minimum absolute atomic E-state index is 0.0920. The van der Waals surface area contributed by atoms with Gasteiger partial charge in [0.2, 0.25) is 17.4 Å². The second-order valence-corrected chi connectivity index (χ2v) is 15.7. The number of thiazole rings is 1. The number of nitrogens with one attached hydrogen (secondary N) is 3. The number of aromatic nitrogens is 2. The van der Waals surface area contributed by atoms with Gasteiger partial charge in [-0.15, -0.1) is 23.1 Å². The molecular weight excluding hydrogens is 711 g/mol. The van der Waals surface area contributed by atoms with E-state index in [0.29, 0.717) is 17.7 Å². The van der Waals surface area contributed by atoms with Gasteiger partial charge in [-0.25, -0.2) is 14.6 Å². The molecule has 2 aromatic rings. The molecule has 5 N–H and O–H groups in total. The van der Waals surface area contributed by atoms with Gasteiger partial charge in [-0.05, 0) is 34.6 Å². The number of carbonyl (C=O) groups is 6. The summed E-state index contributed by atoms with van der Waals surface area (Å²) in [7, 11) is 3.63. The van der Waals surface area contributed by atoms with Crippen molar-refractivity contribution in [2.75, 3.05) is 31.7 Å². The number of carbonyl (C=O) groups excluding carboxylic acids is 5. The summed E-state index contributed by atoms with van der Waals surface area (Å²) in [6, 6.07) is 0.0729. The lowest BCUT2D eigenvalue weighted by molar-refractivity contribution is -0.899. The molecule has 0 spiro atoms. The molecule has 0 radical (unpaired) electrons. The summed E-state index contributed by atoms with van der Waals surface area (Å²) in [5.41, 5.74) is -3.28. The molecular formula is C31H38N7O11S2+. The Morgan fingerprint density at radius 2 is 1.86 bits per heavy atom. The fourth-order valence-electron chi connectivity index (χ4n) is 5.12. The number of H-pyrrole nitrogens is 1. The SMILES string of the molecule is CC(C)(C)OC(=O)C(=O)C(C)(C)O/N=C(/C(=O)N[C@@H]1C(=O)N2C(C(=O)O)=C(C[N+](C)(C)Cc3cc(=O)c(O)c[nH]3)CS[C@H]12)c1csc(NC=O)n1. The first-order chi connectivity index (χ1) is 23.6. The van der Waals surface area contributed by atoms with Crippen molar-refractivity contribution >= 4 is 69.9 Å². The lowest BCUT2D eigenvalue weighted by Gasteiger charge is -2.49. The highest BCUT2D eigenvalue weighted by atomic mass is 32.2. The number of ketones is 1. The van der Waals surface area contributed by atoms with Crippen LogP contribution in [-0.4, -0.2) is 120 Å². The van der Waals surface area contributed by atoms with Gasteiger partial charge >= 0.3 is 11.9 Å². The van der Waals surface area contributed by atoms with Crippen LogP contribution in [0.4, 0.5) is 5.13 Å². The van der Waals surface area contributed by atoms with Crippen molar-refractivity contribution in [3.63, 3.8) is 0 Å². The van der Waals surface area contributed by atoms with Gasteiger partial charge in [0.25, 0.3) is 17.6 Å². The number of anilines is 1. The Kier molecular flexibility index (Phi) is 11.1. The zero-order valence-electron chi connectivity index (χ0n) is 28.8. The van der Waals surface area contributed by atoms with E-state index in [9.17, 15) is 43.8 Å². The quantitative estimate of drug-likeness (QED) is 0.0337. The molecule has 20 heteroatoms. The predicted molar refractivity (Wildman–Crippen MR) is 183 cm³/mol. The van der Waals surface area contributed by atoms with Gasteiger partial charge in [0.05, 0.1) is 19.8 Å². The maximum Gasteiger partial charge on any atom is 0.379 e. The molecule has 18 nitrogen and oxygen atoms in total. The van der Waals surface area contributed by atoms with Crippen LogP contribution in [0.1, 0.15) is 46.0 Å². The number of carboxylic acids is 1. The van der Waals surface area contributed by atoms with Crippen molar-refractivity contribution in [2.24, 2.45) is 5.16 Å². The van der Waals surface area contributed by atoms with E-state index in [1.54, 1.807) is 20.8 Å². The maximum atomic E-state index is 13.7. The molecule has 51 heavy (non-hydrogen) atoms. The van der Waals surface area contributed by atoms with E-state index >= 15 is 0 Å². The number of quaternary nitrogens is 1. The average molecular weight is 749 g/mol. The highest BCUT2D eigenvalue weighted by Gasteiger charge is 2.55. The number of pyridine rings is 1. The van der Waals surface area contributed by atoms with Crippen molar-refractivity contribution in [1.82, 2.24) is 20.2 Å². The van der Waals surface area contributed by atoms with Crippen molar-refractivity contribution in [3.8, 4) is 5.75 Å².